The molecule has 0 saturated carbocycles. The van der Waals surface area contributed by atoms with Gasteiger partial charge in [0.25, 0.3) is 5.91 Å². The van der Waals surface area contributed by atoms with Crippen molar-refractivity contribution < 1.29 is 18.0 Å². The number of hydrogen-bond donors (Lipinski definition) is 3. The third kappa shape index (κ3) is 3.92. The maximum atomic E-state index is 12.9. The maximum absolute atomic E-state index is 12.9. The van der Waals surface area contributed by atoms with Crippen molar-refractivity contribution in [2.75, 3.05) is 12.3 Å². The fraction of sp³-hybridized carbons (Fsp3) is 0.286. The zero-order valence-corrected chi connectivity index (χ0v) is 17.0. The molecule has 0 aliphatic carbocycles. The van der Waals surface area contributed by atoms with Crippen LogP contribution in [-0.2, 0) is 14.6 Å². The van der Waals surface area contributed by atoms with Crippen molar-refractivity contribution in [3.05, 3.63) is 53.7 Å². The molecule has 3 heterocycles. The van der Waals surface area contributed by atoms with Gasteiger partial charge in [-0.2, -0.15) is 0 Å². The molecule has 30 heavy (non-hydrogen) atoms. The summed E-state index contributed by atoms with van der Waals surface area (Å²) in [5, 5.41) is 7.47. The van der Waals surface area contributed by atoms with Crippen LogP contribution in [-0.4, -0.2) is 48.6 Å². The summed E-state index contributed by atoms with van der Waals surface area (Å²) < 4.78 is 25.8. The van der Waals surface area contributed by atoms with Gasteiger partial charge in [0.2, 0.25) is 0 Å². The van der Waals surface area contributed by atoms with E-state index in [9.17, 15) is 18.0 Å². The average molecular weight is 424 g/mol. The monoisotopic (exact) mass is 424 g/mol. The summed E-state index contributed by atoms with van der Waals surface area (Å²) in [5.74, 6) is 5.06. The first-order chi connectivity index (χ1) is 14.3. The Balaban J connectivity index is 1.53. The number of pyridine rings is 1. The molecule has 2 aliphatic rings. The smallest absolute Gasteiger partial charge is 0.322 e. The lowest BCUT2D eigenvalue weighted by molar-refractivity contribution is -0.122. The van der Waals surface area contributed by atoms with E-state index in [1.807, 2.05) is 36.4 Å². The van der Waals surface area contributed by atoms with Crippen LogP contribution >= 0.6 is 0 Å². The highest BCUT2D eigenvalue weighted by atomic mass is 32.2. The molecule has 0 radical (unpaired) electrons. The van der Waals surface area contributed by atoms with Crippen molar-refractivity contribution in [1.82, 2.24) is 20.9 Å². The lowest BCUT2D eigenvalue weighted by Crippen LogP contribution is -2.53. The van der Waals surface area contributed by atoms with Gasteiger partial charge in [0.05, 0.1) is 11.3 Å². The fourth-order valence-corrected chi connectivity index (χ4v) is 5.56. The van der Waals surface area contributed by atoms with Crippen LogP contribution in [0.15, 0.2) is 48.2 Å². The van der Waals surface area contributed by atoms with E-state index in [1.54, 1.807) is 6.20 Å². The predicted molar refractivity (Wildman–Crippen MR) is 112 cm³/mol. The van der Waals surface area contributed by atoms with E-state index in [-0.39, 0.29) is 6.42 Å². The third-order valence-corrected chi connectivity index (χ3v) is 7.32. The molecular formula is C21H20N4O4S. The normalized spacial score (nSPS) is 23.9. The zero-order chi connectivity index (χ0) is 21.4. The summed E-state index contributed by atoms with van der Waals surface area (Å²) >= 11 is 0. The summed E-state index contributed by atoms with van der Waals surface area (Å²) in [4.78, 5) is 27.7. The number of fused-ring (bicyclic) bond motifs is 1. The highest BCUT2D eigenvalue weighted by Crippen LogP contribution is 2.21. The number of benzene rings is 1. The molecule has 1 aromatic carbocycles. The van der Waals surface area contributed by atoms with Crippen LogP contribution in [0.5, 0.6) is 0 Å². The van der Waals surface area contributed by atoms with Crippen molar-refractivity contribution in [3.8, 4) is 11.8 Å². The van der Waals surface area contributed by atoms with Crippen LogP contribution in [0.2, 0.25) is 0 Å². The first kappa shape index (κ1) is 20.1. The molecule has 1 fully saturated rings. The Labute approximate surface area is 174 Å². The van der Waals surface area contributed by atoms with Crippen molar-refractivity contribution >= 4 is 32.7 Å². The molecule has 3 amide bonds. The van der Waals surface area contributed by atoms with Crippen molar-refractivity contribution in [2.45, 2.75) is 24.3 Å². The molecule has 2 atom stereocenters. The molecule has 2 aromatic rings. The number of aromatic nitrogens is 1. The van der Waals surface area contributed by atoms with Gasteiger partial charge in [0, 0.05) is 35.7 Å². The average Bonchev–Trinajstić information content (AvgIpc) is 2.97. The standard InChI is InChI=1S/C21H20N4O4S/c1-21(19(26)24-20(27)25-21)13-30(28,29)18-12-14(9-11-23-18)7-8-15-4-2-6-17-16(15)5-3-10-22-17/h2-6,9-10,18,23H,11-13H2,1H3,(H2,24,25,26,27)/t18?,21-/m1/s1. The minimum absolute atomic E-state index is 0.185. The van der Waals surface area contributed by atoms with Crippen LogP contribution in [0.1, 0.15) is 18.9 Å². The Bertz CT molecular complexity index is 1240. The largest absolute Gasteiger partial charge is 0.323 e. The van der Waals surface area contributed by atoms with E-state index in [4.69, 9.17) is 0 Å². The van der Waals surface area contributed by atoms with Crippen LogP contribution in [0.3, 0.4) is 0 Å². The van der Waals surface area contributed by atoms with Crippen molar-refractivity contribution in [1.29, 1.82) is 0 Å². The molecule has 0 bridgehead atoms. The number of urea groups is 1. The Kier molecular flexibility index (Phi) is 5.05. The van der Waals surface area contributed by atoms with Crippen molar-refractivity contribution in [2.24, 2.45) is 0 Å². The molecule has 4 rings (SSSR count). The molecule has 3 N–H and O–H groups in total. The number of nitrogens with one attached hydrogen (secondary N) is 3. The van der Waals surface area contributed by atoms with Gasteiger partial charge in [0.1, 0.15) is 10.9 Å². The number of amides is 3. The summed E-state index contributed by atoms with van der Waals surface area (Å²) in [6.07, 6.45) is 3.76. The molecular weight excluding hydrogens is 404 g/mol. The van der Waals surface area contributed by atoms with Crippen LogP contribution in [0.25, 0.3) is 10.9 Å². The number of carbonyl (C=O) groups is 2. The molecule has 1 aromatic heterocycles. The third-order valence-electron chi connectivity index (χ3n) is 5.14. The first-order valence-electron chi connectivity index (χ1n) is 9.40. The number of rotatable bonds is 3. The minimum Gasteiger partial charge on any atom is -0.323 e. The summed E-state index contributed by atoms with van der Waals surface area (Å²) in [7, 11) is -3.74. The molecule has 8 nitrogen and oxygen atoms in total. The second kappa shape index (κ2) is 7.55. The maximum Gasteiger partial charge on any atom is 0.322 e. The van der Waals surface area contributed by atoms with Crippen molar-refractivity contribution in [3.63, 3.8) is 0 Å². The van der Waals surface area contributed by atoms with Crippen LogP contribution < -0.4 is 16.0 Å². The zero-order valence-electron chi connectivity index (χ0n) is 16.2. The molecule has 1 saturated heterocycles. The van der Waals surface area contributed by atoms with E-state index in [1.165, 1.54) is 6.92 Å². The van der Waals surface area contributed by atoms with E-state index in [0.717, 1.165) is 16.5 Å². The number of carbonyl (C=O) groups excluding carboxylic acids is 2. The highest BCUT2D eigenvalue weighted by molar-refractivity contribution is 7.92. The Morgan fingerprint density at radius 2 is 2.03 bits per heavy atom. The van der Waals surface area contributed by atoms with Crippen LogP contribution in [0, 0.1) is 11.8 Å². The molecule has 2 aliphatic heterocycles. The quantitative estimate of drug-likeness (QED) is 0.497. The first-order valence-corrected chi connectivity index (χ1v) is 11.1. The Morgan fingerprint density at radius 3 is 2.80 bits per heavy atom. The fourth-order valence-electron chi connectivity index (χ4n) is 3.57. The van der Waals surface area contributed by atoms with Gasteiger partial charge in [-0.25, -0.2) is 13.2 Å². The van der Waals surface area contributed by atoms with Gasteiger partial charge in [-0.1, -0.05) is 30.0 Å². The summed E-state index contributed by atoms with van der Waals surface area (Å²) in [6, 6.07) is 8.78. The van der Waals surface area contributed by atoms with Crippen LogP contribution in [0.4, 0.5) is 4.79 Å². The molecule has 1 unspecified atom stereocenters. The predicted octanol–water partition coefficient (Wildman–Crippen LogP) is 0.845. The van der Waals surface area contributed by atoms with E-state index >= 15 is 0 Å². The highest BCUT2D eigenvalue weighted by Gasteiger charge is 2.47. The van der Waals surface area contributed by atoms with E-state index in [0.29, 0.717) is 12.1 Å². The van der Waals surface area contributed by atoms with Gasteiger partial charge < -0.3 is 5.32 Å². The number of hydrogen-bond acceptors (Lipinski definition) is 6. The lowest BCUT2D eigenvalue weighted by atomic mass is 10.1. The van der Waals surface area contributed by atoms with Gasteiger partial charge in [0.15, 0.2) is 9.84 Å². The SMILES string of the molecule is C[C@]1(CS(=O)(=O)C2CC(C#Cc3cccc4ncccc34)=CCN2)NC(=O)NC1=O. The molecule has 9 heteroatoms. The second-order valence-corrected chi connectivity index (χ2v) is 9.69. The van der Waals surface area contributed by atoms with Gasteiger partial charge >= 0.3 is 6.03 Å². The molecule has 154 valence electrons. The Morgan fingerprint density at radius 1 is 1.20 bits per heavy atom. The van der Waals surface area contributed by atoms with Gasteiger partial charge in [-0.15, -0.1) is 0 Å². The minimum atomic E-state index is -3.74. The second-order valence-electron chi connectivity index (χ2n) is 7.50. The number of sulfone groups is 1. The summed E-state index contributed by atoms with van der Waals surface area (Å²) in [5.41, 5.74) is 0.875. The lowest BCUT2D eigenvalue weighted by Gasteiger charge is -2.27. The topological polar surface area (TPSA) is 117 Å². The summed E-state index contributed by atoms with van der Waals surface area (Å²) in [6.45, 7) is 1.75. The molecule has 0 spiro atoms. The van der Waals surface area contributed by atoms with Gasteiger partial charge in [-0.3, -0.25) is 20.4 Å². The number of imide groups is 1. The van der Waals surface area contributed by atoms with Gasteiger partial charge in [-0.05, 0) is 25.1 Å². The number of nitrogens with zero attached hydrogens (tertiary/aromatic N) is 1. The Hall–Kier alpha value is -3.22. The van der Waals surface area contributed by atoms with E-state index in [2.05, 4.69) is 32.8 Å². The van der Waals surface area contributed by atoms with E-state index < -0.39 is 38.4 Å².